The molecule has 1 aromatic carbocycles. The highest BCUT2D eigenvalue weighted by Gasteiger charge is 2.31. The second-order valence-corrected chi connectivity index (χ2v) is 4.06. The summed E-state index contributed by atoms with van der Waals surface area (Å²) in [5.74, 6) is 0.0389. The maximum absolute atomic E-state index is 12.7. The average molecular weight is 272 g/mol. The van der Waals surface area contributed by atoms with Crippen LogP contribution < -0.4 is 0 Å². The number of aromatic nitrogens is 1. The zero-order valence-electron chi connectivity index (χ0n) is 9.21. The number of nitrogens with zero attached hydrogens (tertiary/aromatic N) is 1. The lowest BCUT2D eigenvalue weighted by Gasteiger charge is -2.11. The van der Waals surface area contributed by atoms with Crippen molar-refractivity contribution in [2.24, 2.45) is 0 Å². The molecule has 18 heavy (non-hydrogen) atoms. The molecule has 5 heteroatoms. The van der Waals surface area contributed by atoms with Crippen LogP contribution in [0.3, 0.4) is 0 Å². The normalized spacial score (nSPS) is 11.6. The molecule has 2 rings (SSSR count). The number of rotatable bonds is 2. The van der Waals surface area contributed by atoms with Crippen LogP contribution in [0.25, 0.3) is 11.1 Å². The molecule has 0 N–H and O–H groups in total. The summed E-state index contributed by atoms with van der Waals surface area (Å²) < 4.78 is 38.2. The maximum Gasteiger partial charge on any atom is 0.416 e. The summed E-state index contributed by atoms with van der Waals surface area (Å²) >= 11 is 5.63. The summed E-state index contributed by atoms with van der Waals surface area (Å²) in [7, 11) is 0. The summed E-state index contributed by atoms with van der Waals surface area (Å²) in [6, 6.07) is 7.19. The van der Waals surface area contributed by atoms with Gasteiger partial charge in [0.05, 0.1) is 5.56 Å². The zero-order valence-corrected chi connectivity index (χ0v) is 9.96. The topological polar surface area (TPSA) is 12.9 Å². The van der Waals surface area contributed by atoms with Gasteiger partial charge in [0.1, 0.15) is 0 Å². The van der Waals surface area contributed by atoms with Gasteiger partial charge in [0.2, 0.25) is 0 Å². The fourth-order valence-corrected chi connectivity index (χ4v) is 1.79. The fourth-order valence-electron chi connectivity index (χ4n) is 1.63. The molecule has 0 aliphatic carbocycles. The number of halogens is 4. The van der Waals surface area contributed by atoms with Crippen LogP contribution in [0.4, 0.5) is 13.2 Å². The van der Waals surface area contributed by atoms with E-state index < -0.39 is 11.7 Å². The molecule has 0 radical (unpaired) electrons. The van der Waals surface area contributed by atoms with Crippen molar-refractivity contribution in [2.75, 3.05) is 0 Å². The quantitative estimate of drug-likeness (QED) is 0.733. The van der Waals surface area contributed by atoms with E-state index in [1.165, 1.54) is 6.20 Å². The molecule has 2 aromatic rings. The standard InChI is InChI=1S/C13H9ClF3N/c14-7-9-4-11(10-2-1-3-18-8-10)6-12(5-9)13(15,16)17/h1-6,8H,7H2. The van der Waals surface area contributed by atoms with Crippen LogP contribution >= 0.6 is 11.6 Å². The van der Waals surface area contributed by atoms with Crippen LogP contribution in [0.15, 0.2) is 42.7 Å². The van der Waals surface area contributed by atoms with E-state index in [1.54, 1.807) is 24.4 Å². The minimum absolute atomic E-state index is 0.0389. The van der Waals surface area contributed by atoms with Gasteiger partial charge in [-0.3, -0.25) is 4.98 Å². The van der Waals surface area contributed by atoms with Gasteiger partial charge in [0.15, 0.2) is 0 Å². The third-order valence-electron chi connectivity index (χ3n) is 2.47. The molecule has 1 aromatic heterocycles. The third-order valence-corrected chi connectivity index (χ3v) is 2.78. The minimum Gasteiger partial charge on any atom is -0.264 e. The highest BCUT2D eigenvalue weighted by atomic mass is 35.5. The molecular weight excluding hydrogens is 263 g/mol. The summed E-state index contributed by atoms with van der Waals surface area (Å²) in [5.41, 5.74) is 0.841. The van der Waals surface area contributed by atoms with E-state index in [1.807, 2.05) is 0 Å². The second-order valence-electron chi connectivity index (χ2n) is 3.79. The maximum atomic E-state index is 12.7. The Morgan fingerprint density at radius 3 is 2.44 bits per heavy atom. The Kier molecular flexibility index (Phi) is 3.57. The van der Waals surface area contributed by atoms with Crippen molar-refractivity contribution in [2.45, 2.75) is 12.1 Å². The highest BCUT2D eigenvalue weighted by molar-refractivity contribution is 6.17. The molecule has 0 aliphatic heterocycles. The summed E-state index contributed by atoms with van der Waals surface area (Å²) in [6.07, 6.45) is -1.29. The minimum atomic E-state index is -4.38. The van der Waals surface area contributed by atoms with E-state index in [2.05, 4.69) is 4.98 Å². The van der Waals surface area contributed by atoms with E-state index in [9.17, 15) is 13.2 Å². The first-order valence-electron chi connectivity index (χ1n) is 5.18. The molecular formula is C13H9ClF3N. The molecule has 0 fully saturated rings. The number of benzene rings is 1. The van der Waals surface area contributed by atoms with Crippen molar-refractivity contribution in [3.8, 4) is 11.1 Å². The van der Waals surface area contributed by atoms with Gasteiger partial charge in [0.25, 0.3) is 0 Å². The van der Waals surface area contributed by atoms with Crippen LogP contribution in [0, 0.1) is 0 Å². The largest absolute Gasteiger partial charge is 0.416 e. The smallest absolute Gasteiger partial charge is 0.264 e. The fraction of sp³-hybridized carbons (Fsp3) is 0.154. The Labute approximate surface area is 107 Å². The monoisotopic (exact) mass is 271 g/mol. The number of alkyl halides is 4. The van der Waals surface area contributed by atoms with E-state index >= 15 is 0 Å². The molecule has 0 bridgehead atoms. The van der Waals surface area contributed by atoms with Gasteiger partial charge in [0, 0.05) is 23.8 Å². The van der Waals surface area contributed by atoms with Crippen LogP contribution in [-0.4, -0.2) is 4.98 Å². The number of hydrogen-bond donors (Lipinski definition) is 0. The highest BCUT2D eigenvalue weighted by Crippen LogP contribution is 2.33. The summed E-state index contributed by atoms with van der Waals surface area (Å²) in [6.45, 7) is 0. The van der Waals surface area contributed by atoms with Crippen molar-refractivity contribution in [1.82, 2.24) is 4.98 Å². The van der Waals surface area contributed by atoms with E-state index in [4.69, 9.17) is 11.6 Å². The van der Waals surface area contributed by atoms with Gasteiger partial charge in [-0.1, -0.05) is 6.07 Å². The first-order valence-corrected chi connectivity index (χ1v) is 5.71. The second kappa shape index (κ2) is 4.98. The van der Waals surface area contributed by atoms with Crippen LogP contribution in [0.5, 0.6) is 0 Å². The predicted molar refractivity (Wildman–Crippen MR) is 64.2 cm³/mol. The lowest BCUT2D eigenvalue weighted by Crippen LogP contribution is -2.05. The Morgan fingerprint density at radius 1 is 1.11 bits per heavy atom. The van der Waals surface area contributed by atoms with Crippen LogP contribution in [0.1, 0.15) is 11.1 Å². The molecule has 94 valence electrons. The first kappa shape index (κ1) is 12.9. The molecule has 0 saturated carbocycles. The first-order chi connectivity index (χ1) is 8.50. The Bertz CT molecular complexity index is 538. The lowest BCUT2D eigenvalue weighted by molar-refractivity contribution is -0.137. The van der Waals surface area contributed by atoms with Crippen molar-refractivity contribution in [3.63, 3.8) is 0 Å². The molecule has 0 saturated heterocycles. The Hall–Kier alpha value is -1.55. The van der Waals surface area contributed by atoms with E-state index in [0.717, 1.165) is 12.1 Å². The van der Waals surface area contributed by atoms with E-state index in [-0.39, 0.29) is 5.88 Å². The molecule has 1 heterocycles. The lowest BCUT2D eigenvalue weighted by atomic mass is 10.0. The van der Waals surface area contributed by atoms with Crippen LogP contribution in [-0.2, 0) is 12.1 Å². The van der Waals surface area contributed by atoms with Gasteiger partial charge < -0.3 is 0 Å². The van der Waals surface area contributed by atoms with E-state index in [0.29, 0.717) is 16.7 Å². The van der Waals surface area contributed by atoms with Gasteiger partial charge in [-0.25, -0.2) is 0 Å². The number of hydrogen-bond acceptors (Lipinski definition) is 1. The van der Waals surface area contributed by atoms with Crippen molar-refractivity contribution < 1.29 is 13.2 Å². The zero-order chi connectivity index (χ0) is 13.2. The predicted octanol–water partition coefficient (Wildman–Crippen LogP) is 4.51. The Balaban J connectivity index is 2.55. The van der Waals surface area contributed by atoms with Gasteiger partial charge in [-0.15, -0.1) is 11.6 Å². The molecule has 0 unspecified atom stereocenters. The van der Waals surface area contributed by atoms with Crippen LogP contribution in [0.2, 0.25) is 0 Å². The van der Waals surface area contributed by atoms with Gasteiger partial charge in [-0.05, 0) is 35.4 Å². The van der Waals surface area contributed by atoms with Gasteiger partial charge >= 0.3 is 6.18 Å². The number of pyridine rings is 1. The van der Waals surface area contributed by atoms with Crippen molar-refractivity contribution in [3.05, 3.63) is 53.9 Å². The molecule has 0 amide bonds. The average Bonchev–Trinajstić information content (AvgIpc) is 2.38. The molecule has 1 nitrogen and oxygen atoms in total. The van der Waals surface area contributed by atoms with Crippen molar-refractivity contribution in [1.29, 1.82) is 0 Å². The molecule has 0 spiro atoms. The third kappa shape index (κ3) is 2.82. The van der Waals surface area contributed by atoms with Gasteiger partial charge in [-0.2, -0.15) is 13.2 Å². The molecule has 0 atom stereocenters. The summed E-state index contributed by atoms with van der Waals surface area (Å²) in [5, 5.41) is 0. The SMILES string of the molecule is FC(F)(F)c1cc(CCl)cc(-c2cccnc2)c1. The summed E-state index contributed by atoms with van der Waals surface area (Å²) in [4.78, 5) is 3.89. The Morgan fingerprint density at radius 2 is 1.89 bits per heavy atom. The van der Waals surface area contributed by atoms with Crippen molar-refractivity contribution >= 4 is 11.6 Å². The molecule has 0 aliphatic rings.